The van der Waals surface area contributed by atoms with Crippen LogP contribution in [0.2, 0.25) is 0 Å². The number of nitrogens with one attached hydrogen (secondary N) is 2. The minimum atomic E-state index is -0.572. The van der Waals surface area contributed by atoms with E-state index >= 15 is 0 Å². The number of nitrogens with zero attached hydrogens (tertiary/aromatic N) is 2. The van der Waals surface area contributed by atoms with E-state index in [2.05, 4.69) is 53.8 Å². The summed E-state index contributed by atoms with van der Waals surface area (Å²) >= 11 is 0. The molecule has 1 fully saturated rings. The fourth-order valence-corrected chi connectivity index (χ4v) is 3.62. The van der Waals surface area contributed by atoms with Crippen molar-refractivity contribution in [1.82, 2.24) is 20.4 Å². The van der Waals surface area contributed by atoms with Crippen molar-refractivity contribution in [1.29, 1.82) is 0 Å². The molecule has 1 aromatic carbocycles. The van der Waals surface area contributed by atoms with Crippen molar-refractivity contribution >= 4 is 5.91 Å². The van der Waals surface area contributed by atoms with Crippen LogP contribution in [0.1, 0.15) is 32.3 Å². The molecule has 0 atom stereocenters. The number of piperidine rings is 1. The van der Waals surface area contributed by atoms with E-state index in [1.807, 2.05) is 23.0 Å². The number of aromatic nitrogens is 2. The SMILES string of the molecule is CC(C)(CNC(=O)C1(n2cccn2)CCNCC1)Cc1ccccc1. The van der Waals surface area contributed by atoms with Gasteiger partial charge in [0.05, 0.1) is 0 Å². The van der Waals surface area contributed by atoms with Crippen LogP contribution in [0.5, 0.6) is 0 Å². The molecule has 1 saturated heterocycles. The quantitative estimate of drug-likeness (QED) is 0.849. The van der Waals surface area contributed by atoms with Crippen molar-refractivity contribution in [2.75, 3.05) is 19.6 Å². The van der Waals surface area contributed by atoms with Gasteiger partial charge in [-0.1, -0.05) is 44.2 Å². The highest BCUT2D eigenvalue weighted by Crippen LogP contribution is 2.28. The molecule has 2 aromatic rings. The number of amides is 1. The Hall–Kier alpha value is -2.14. The van der Waals surface area contributed by atoms with Crippen LogP contribution < -0.4 is 10.6 Å². The molecule has 5 heteroatoms. The number of rotatable bonds is 6. The van der Waals surface area contributed by atoms with E-state index in [0.717, 1.165) is 32.4 Å². The van der Waals surface area contributed by atoms with Crippen LogP contribution in [0.3, 0.4) is 0 Å². The van der Waals surface area contributed by atoms with Crippen molar-refractivity contribution in [2.45, 2.75) is 38.6 Å². The van der Waals surface area contributed by atoms with Crippen LogP contribution in [0.15, 0.2) is 48.8 Å². The average molecular weight is 340 g/mol. The van der Waals surface area contributed by atoms with E-state index < -0.39 is 5.54 Å². The summed E-state index contributed by atoms with van der Waals surface area (Å²) in [5.41, 5.74) is 0.720. The van der Waals surface area contributed by atoms with Gasteiger partial charge in [0.25, 0.3) is 0 Å². The van der Waals surface area contributed by atoms with Crippen molar-refractivity contribution < 1.29 is 4.79 Å². The van der Waals surface area contributed by atoms with Gasteiger partial charge in [0.15, 0.2) is 0 Å². The van der Waals surface area contributed by atoms with Gasteiger partial charge in [-0.3, -0.25) is 9.48 Å². The summed E-state index contributed by atoms with van der Waals surface area (Å²) in [7, 11) is 0. The van der Waals surface area contributed by atoms with E-state index in [-0.39, 0.29) is 11.3 Å². The molecule has 2 heterocycles. The zero-order valence-electron chi connectivity index (χ0n) is 15.2. The summed E-state index contributed by atoms with van der Waals surface area (Å²) in [5.74, 6) is 0.0823. The van der Waals surface area contributed by atoms with Crippen molar-refractivity contribution in [2.24, 2.45) is 5.41 Å². The van der Waals surface area contributed by atoms with Gasteiger partial charge in [-0.05, 0) is 49.4 Å². The summed E-state index contributed by atoms with van der Waals surface area (Å²) in [6, 6.07) is 12.3. The first-order valence-corrected chi connectivity index (χ1v) is 9.05. The highest BCUT2D eigenvalue weighted by Gasteiger charge is 2.42. The summed E-state index contributed by atoms with van der Waals surface area (Å²) in [5, 5.41) is 10.9. The van der Waals surface area contributed by atoms with Gasteiger partial charge >= 0.3 is 0 Å². The highest BCUT2D eigenvalue weighted by atomic mass is 16.2. The second kappa shape index (κ2) is 7.40. The third-order valence-electron chi connectivity index (χ3n) is 5.05. The zero-order valence-corrected chi connectivity index (χ0v) is 15.2. The van der Waals surface area contributed by atoms with Crippen molar-refractivity contribution in [3.8, 4) is 0 Å². The molecule has 0 saturated carbocycles. The average Bonchev–Trinajstić information content (AvgIpc) is 3.16. The van der Waals surface area contributed by atoms with Crippen LogP contribution >= 0.6 is 0 Å². The van der Waals surface area contributed by atoms with E-state index in [1.165, 1.54) is 5.56 Å². The van der Waals surface area contributed by atoms with E-state index in [4.69, 9.17) is 0 Å². The van der Waals surface area contributed by atoms with E-state index in [1.54, 1.807) is 6.20 Å². The predicted molar refractivity (Wildman–Crippen MR) is 99.2 cm³/mol. The Labute approximate surface area is 149 Å². The van der Waals surface area contributed by atoms with Crippen LogP contribution in [-0.2, 0) is 16.8 Å². The number of benzene rings is 1. The first kappa shape index (κ1) is 17.7. The first-order valence-electron chi connectivity index (χ1n) is 9.05. The molecule has 134 valence electrons. The third-order valence-corrected chi connectivity index (χ3v) is 5.05. The lowest BCUT2D eigenvalue weighted by molar-refractivity contribution is -0.132. The van der Waals surface area contributed by atoms with Crippen molar-refractivity contribution in [3.05, 3.63) is 54.4 Å². The number of hydrogen-bond donors (Lipinski definition) is 2. The lowest BCUT2D eigenvalue weighted by Crippen LogP contribution is -2.55. The lowest BCUT2D eigenvalue weighted by Gasteiger charge is -2.37. The Balaban J connectivity index is 1.67. The molecule has 1 aliphatic heterocycles. The minimum Gasteiger partial charge on any atom is -0.353 e. The second-order valence-electron chi connectivity index (χ2n) is 7.74. The Morgan fingerprint density at radius 2 is 1.96 bits per heavy atom. The molecule has 25 heavy (non-hydrogen) atoms. The molecular weight excluding hydrogens is 312 g/mol. The molecule has 1 amide bonds. The van der Waals surface area contributed by atoms with Gasteiger partial charge in [-0.25, -0.2) is 0 Å². The van der Waals surface area contributed by atoms with Crippen molar-refractivity contribution in [3.63, 3.8) is 0 Å². The number of hydrogen-bond acceptors (Lipinski definition) is 3. The Morgan fingerprint density at radius 1 is 1.24 bits per heavy atom. The molecule has 2 N–H and O–H groups in total. The van der Waals surface area contributed by atoms with Gasteiger partial charge in [-0.15, -0.1) is 0 Å². The van der Waals surface area contributed by atoms with Gasteiger partial charge in [0.1, 0.15) is 5.54 Å². The van der Waals surface area contributed by atoms with Gasteiger partial charge in [-0.2, -0.15) is 5.10 Å². The lowest BCUT2D eigenvalue weighted by atomic mass is 9.84. The van der Waals surface area contributed by atoms with Gasteiger partial charge in [0.2, 0.25) is 5.91 Å². The largest absolute Gasteiger partial charge is 0.353 e. The molecule has 0 aliphatic carbocycles. The zero-order chi connectivity index (χ0) is 17.8. The van der Waals surface area contributed by atoms with Crippen LogP contribution in [0, 0.1) is 5.41 Å². The van der Waals surface area contributed by atoms with Crippen LogP contribution in [0.25, 0.3) is 0 Å². The maximum Gasteiger partial charge on any atom is 0.248 e. The molecule has 0 radical (unpaired) electrons. The third kappa shape index (κ3) is 4.10. The fourth-order valence-electron chi connectivity index (χ4n) is 3.62. The maximum absolute atomic E-state index is 13.1. The Bertz CT molecular complexity index is 673. The summed E-state index contributed by atoms with van der Waals surface area (Å²) in [6.45, 7) is 6.71. The smallest absolute Gasteiger partial charge is 0.248 e. The molecule has 1 aromatic heterocycles. The number of carbonyl (C=O) groups excluding carboxylic acids is 1. The van der Waals surface area contributed by atoms with E-state index in [9.17, 15) is 4.79 Å². The Morgan fingerprint density at radius 3 is 2.60 bits per heavy atom. The molecule has 0 spiro atoms. The highest BCUT2D eigenvalue weighted by molar-refractivity contribution is 5.84. The molecule has 5 nitrogen and oxygen atoms in total. The molecular formula is C20H28N4O. The number of carbonyl (C=O) groups is 1. The summed E-state index contributed by atoms with van der Waals surface area (Å²) in [4.78, 5) is 13.1. The Kier molecular flexibility index (Phi) is 5.23. The van der Waals surface area contributed by atoms with Gasteiger partial charge < -0.3 is 10.6 Å². The van der Waals surface area contributed by atoms with Gasteiger partial charge in [0, 0.05) is 18.9 Å². The minimum absolute atomic E-state index is 0.00473. The normalized spacial score (nSPS) is 17.2. The summed E-state index contributed by atoms with van der Waals surface area (Å²) in [6.07, 6.45) is 6.11. The molecule has 0 unspecified atom stereocenters. The molecule has 3 rings (SSSR count). The van der Waals surface area contributed by atoms with Crippen LogP contribution in [-0.4, -0.2) is 35.3 Å². The molecule has 0 bridgehead atoms. The summed E-state index contributed by atoms with van der Waals surface area (Å²) < 4.78 is 1.84. The topological polar surface area (TPSA) is 59.0 Å². The predicted octanol–water partition coefficient (Wildman–Crippen LogP) is 2.35. The van der Waals surface area contributed by atoms with E-state index in [0.29, 0.717) is 6.54 Å². The first-order chi connectivity index (χ1) is 12.0. The second-order valence-corrected chi connectivity index (χ2v) is 7.74. The standard InChI is InChI=1S/C20H28N4O/c1-19(2,15-17-7-4-3-5-8-17)16-22-18(25)20(9-12-21-13-10-20)24-14-6-11-23-24/h3-8,11,14,21H,9-10,12-13,15-16H2,1-2H3,(H,22,25). The van der Waals surface area contributed by atoms with Crippen LogP contribution in [0.4, 0.5) is 0 Å². The maximum atomic E-state index is 13.1. The monoisotopic (exact) mass is 340 g/mol. The molecule has 1 aliphatic rings. The fraction of sp³-hybridized carbons (Fsp3) is 0.500.